The maximum absolute atomic E-state index is 13.1. The van der Waals surface area contributed by atoms with Crippen molar-refractivity contribution in [2.45, 2.75) is 58.2 Å². The van der Waals surface area contributed by atoms with Gasteiger partial charge in [-0.25, -0.2) is 4.98 Å². The van der Waals surface area contributed by atoms with Gasteiger partial charge in [-0.2, -0.15) is 4.98 Å². The van der Waals surface area contributed by atoms with Gasteiger partial charge >= 0.3 is 0 Å². The molecule has 0 fully saturated rings. The molecule has 2 atom stereocenters. The van der Waals surface area contributed by atoms with Crippen LogP contribution in [0.25, 0.3) is 0 Å². The Labute approximate surface area is 224 Å². The van der Waals surface area contributed by atoms with Crippen molar-refractivity contribution in [3.8, 4) is 0 Å². The molecule has 0 radical (unpaired) electrons. The number of aliphatic hydroxyl groups excluding tert-OH is 1. The number of rotatable bonds is 13. The van der Waals surface area contributed by atoms with E-state index < -0.39 is 6.10 Å². The van der Waals surface area contributed by atoms with Crippen LogP contribution in [0.4, 0.5) is 11.8 Å². The van der Waals surface area contributed by atoms with Crippen LogP contribution in [0.5, 0.6) is 0 Å². The predicted octanol–water partition coefficient (Wildman–Crippen LogP) is 5.00. The average molecular weight is 525 g/mol. The molecule has 9 heteroatoms. The maximum atomic E-state index is 13.1. The highest BCUT2D eigenvalue weighted by Gasteiger charge is 2.22. The van der Waals surface area contributed by atoms with Crippen LogP contribution < -0.4 is 16.2 Å². The quantitative estimate of drug-likeness (QED) is 0.270. The molecule has 3 aromatic rings. The zero-order valence-electron chi connectivity index (χ0n) is 21.8. The third-order valence-electron chi connectivity index (χ3n) is 6.25. The average Bonchev–Trinajstić information content (AvgIpc) is 2.91. The molecule has 0 spiro atoms. The number of hydrogen-bond acceptors (Lipinski definition) is 7. The number of nitrogens with one attached hydrogen (secondary N) is 1. The van der Waals surface area contributed by atoms with Crippen LogP contribution in [-0.4, -0.2) is 45.5 Å². The molecule has 0 aliphatic rings. The topological polar surface area (TPSA) is 108 Å². The van der Waals surface area contributed by atoms with Gasteiger partial charge in [0.15, 0.2) is 5.82 Å². The summed E-state index contributed by atoms with van der Waals surface area (Å²) in [7, 11) is 2.02. The van der Waals surface area contributed by atoms with E-state index in [-0.39, 0.29) is 17.9 Å². The summed E-state index contributed by atoms with van der Waals surface area (Å²) < 4.78 is 0. The number of hydrazine groups is 1. The summed E-state index contributed by atoms with van der Waals surface area (Å²) in [6.45, 7) is 5.58. The maximum Gasteiger partial charge on any atom is 0.269 e. The molecule has 0 saturated carbocycles. The molecule has 1 heterocycles. The Morgan fingerprint density at radius 2 is 1.84 bits per heavy atom. The van der Waals surface area contributed by atoms with Crippen LogP contribution >= 0.6 is 11.6 Å². The summed E-state index contributed by atoms with van der Waals surface area (Å²) in [6.07, 6.45) is 4.47. The molecular formula is C28H37ClN6O2. The number of halogens is 1. The van der Waals surface area contributed by atoms with Gasteiger partial charge in [0.05, 0.1) is 12.3 Å². The Morgan fingerprint density at radius 1 is 1.14 bits per heavy atom. The third-order valence-corrected chi connectivity index (χ3v) is 6.51. The minimum absolute atomic E-state index is 0.0464. The highest BCUT2D eigenvalue weighted by molar-refractivity contribution is 6.32. The molecule has 1 amide bonds. The van der Waals surface area contributed by atoms with Crippen molar-refractivity contribution >= 4 is 29.3 Å². The second-order valence-corrected chi connectivity index (χ2v) is 9.76. The second kappa shape index (κ2) is 13.9. The number of unbranched alkanes of at least 4 members (excludes halogenated alkanes) is 1. The Bertz CT molecular complexity index is 1130. The molecule has 0 saturated heterocycles. The first-order valence-electron chi connectivity index (χ1n) is 12.7. The first-order valence-corrected chi connectivity index (χ1v) is 13.0. The summed E-state index contributed by atoms with van der Waals surface area (Å²) in [5.74, 6) is 0.204. The molecule has 0 bridgehead atoms. The lowest BCUT2D eigenvalue weighted by Crippen LogP contribution is -2.48. The van der Waals surface area contributed by atoms with E-state index in [0.29, 0.717) is 29.4 Å². The molecule has 8 nitrogen and oxygen atoms in total. The standard InChI is InChI=1S/C28H37ClN6O2/c1-4-5-9-20(2)35(26-24(29)18-31-28(30)32-26)33-27(37)23-14-12-21(13-15-23)19-34(3)17-16-25(36)22-10-7-6-8-11-22/h6-8,10-15,18,20,25,36H,4-5,9,16-17,19H2,1-3H3,(H,33,37)(H2,30,31,32). The van der Waals surface area contributed by atoms with Crippen LogP contribution in [0.2, 0.25) is 5.02 Å². The Kier molecular flexibility index (Phi) is 10.7. The number of hydrogen-bond donors (Lipinski definition) is 3. The molecule has 37 heavy (non-hydrogen) atoms. The molecule has 0 aliphatic carbocycles. The van der Waals surface area contributed by atoms with E-state index in [1.54, 1.807) is 5.01 Å². The van der Waals surface area contributed by atoms with Crippen LogP contribution in [-0.2, 0) is 6.54 Å². The molecule has 2 unspecified atom stereocenters. The normalized spacial score (nSPS) is 12.8. The lowest BCUT2D eigenvalue weighted by atomic mass is 10.1. The van der Waals surface area contributed by atoms with Crippen LogP contribution in [0, 0.1) is 0 Å². The van der Waals surface area contributed by atoms with Gasteiger partial charge in [0.2, 0.25) is 5.95 Å². The predicted molar refractivity (Wildman–Crippen MR) is 149 cm³/mol. The zero-order valence-corrected chi connectivity index (χ0v) is 22.5. The third kappa shape index (κ3) is 8.42. The van der Waals surface area contributed by atoms with E-state index in [4.69, 9.17) is 17.3 Å². The van der Waals surface area contributed by atoms with Gasteiger partial charge in [0.1, 0.15) is 5.02 Å². The highest BCUT2D eigenvalue weighted by atomic mass is 35.5. The highest BCUT2D eigenvalue weighted by Crippen LogP contribution is 2.25. The lowest BCUT2D eigenvalue weighted by molar-refractivity contribution is 0.0943. The van der Waals surface area contributed by atoms with Gasteiger partial charge in [0, 0.05) is 24.7 Å². The van der Waals surface area contributed by atoms with E-state index >= 15 is 0 Å². The first-order chi connectivity index (χ1) is 17.8. The van der Waals surface area contributed by atoms with E-state index in [0.717, 1.165) is 36.9 Å². The first kappa shape index (κ1) is 28.4. The number of aliphatic hydroxyl groups is 1. The van der Waals surface area contributed by atoms with Gasteiger partial charge in [-0.3, -0.25) is 15.2 Å². The minimum atomic E-state index is -0.490. The van der Waals surface area contributed by atoms with Crippen molar-refractivity contribution in [3.05, 3.63) is 82.5 Å². The summed E-state index contributed by atoms with van der Waals surface area (Å²) in [5, 5.41) is 12.4. The molecular weight excluding hydrogens is 488 g/mol. The fourth-order valence-corrected chi connectivity index (χ4v) is 4.23. The number of anilines is 2. The number of nitrogens with zero attached hydrogens (tertiary/aromatic N) is 4. The van der Waals surface area contributed by atoms with Crippen LogP contribution in [0.15, 0.2) is 60.8 Å². The number of amides is 1. The fraction of sp³-hybridized carbons (Fsp3) is 0.393. The largest absolute Gasteiger partial charge is 0.388 e. The molecule has 198 valence electrons. The van der Waals surface area contributed by atoms with Crippen molar-refractivity contribution in [1.29, 1.82) is 0 Å². The fourth-order valence-electron chi connectivity index (χ4n) is 4.05. The van der Waals surface area contributed by atoms with Crippen molar-refractivity contribution in [2.75, 3.05) is 24.3 Å². The molecule has 1 aromatic heterocycles. The van der Waals surface area contributed by atoms with Crippen LogP contribution in [0.1, 0.15) is 67.1 Å². The van der Waals surface area contributed by atoms with Gasteiger partial charge in [-0.15, -0.1) is 0 Å². The Morgan fingerprint density at radius 3 is 2.51 bits per heavy atom. The van der Waals surface area contributed by atoms with E-state index in [1.807, 2.05) is 68.6 Å². The van der Waals surface area contributed by atoms with E-state index in [1.165, 1.54) is 6.20 Å². The van der Waals surface area contributed by atoms with Gasteiger partial charge in [-0.1, -0.05) is 73.8 Å². The number of aromatic nitrogens is 2. The minimum Gasteiger partial charge on any atom is -0.388 e. The van der Waals surface area contributed by atoms with Gasteiger partial charge in [-0.05, 0) is 50.1 Å². The van der Waals surface area contributed by atoms with Crippen LogP contribution in [0.3, 0.4) is 0 Å². The van der Waals surface area contributed by atoms with E-state index in [2.05, 4.69) is 27.2 Å². The summed E-state index contributed by atoms with van der Waals surface area (Å²) in [5.41, 5.74) is 11.3. The summed E-state index contributed by atoms with van der Waals surface area (Å²) in [6, 6.07) is 17.1. The van der Waals surface area contributed by atoms with Crippen molar-refractivity contribution < 1.29 is 9.90 Å². The van der Waals surface area contributed by atoms with E-state index in [9.17, 15) is 9.90 Å². The lowest BCUT2D eigenvalue weighted by Gasteiger charge is -2.31. The molecule has 4 N–H and O–H groups in total. The Balaban J connectivity index is 1.61. The van der Waals surface area contributed by atoms with Crippen molar-refractivity contribution in [2.24, 2.45) is 0 Å². The molecule has 3 rings (SSSR count). The number of nitrogens with two attached hydrogens (primary N) is 1. The molecule has 2 aromatic carbocycles. The van der Waals surface area contributed by atoms with Crippen molar-refractivity contribution in [3.63, 3.8) is 0 Å². The Hall–Kier alpha value is -3.20. The number of carbonyl (C=O) groups excluding carboxylic acids is 1. The molecule has 0 aliphatic heterocycles. The van der Waals surface area contributed by atoms with Gasteiger partial charge in [0.25, 0.3) is 5.91 Å². The smallest absolute Gasteiger partial charge is 0.269 e. The monoisotopic (exact) mass is 524 g/mol. The second-order valence-electron chi connectivity index (χ2n) is 9.35. The number of carbonyl (C=O) groups is 1. The van der Waals surface area contributed by atoms with Crippen molar-refractivity contribution in [1.82, 2.24) is 20.3 Å². The summed E-state index contributed by atoms with van der Waals surface area (Å²) >= 11 is 6.35. The van der Waals surface area contributed by atoms with Gasteiger partial charge < -0.3 is 15.7 Å². The summed E-state index contributed by atoms with van der Waals surface area (Å²) in [4.78, 5) is 23.5. The SMILES string of the molecule is CCCCC(C)N(NC(=O)c1ccc(CN(C)CCC(O)c2ccccc2)cc1)c1nc(N)ncc1Cl. The zero-order chi connectivity index (χ0) is 26.8. The number of benzene rings is 2. The number of nitrogen functional groups attached to an aromatic ring is 1.